The number of amides is 1. The molecule has 0 fully saturated rings. The van der Waals surface area contributed by atoms with Crippen molar-refractivity contribution in [1.82, 2.24) is 10.1 Å². The summed E-state index contributed by atoms with van der Waals surface area (Å²) in [5, 5.41) is 6.75. The molecule has 0 bridgehead atoms. The van der Waals surface area contributed by atoms with Crippen molar-refractivity contribution in [1.29, 1.82) is 0 Å². The zero-order valence-electron chi connectivity index (χ0n) is 16.8. The first-order valence-electron chi connectivity index (χ1n) is 9.03. The molecule has 156 valence electrons. The molecular weight excluding hydrogens is 406 g/mol. The van der Waals surface area contributed by atoms with Gasteiger partial charge in [0.15, 0.2) is 17.3 Å². The van der Waals surface area contributed by atoms with E-state index in [1.54, 1.807) is 50.6 Å². The highest BCUT2D eigenvalue weighted by Crippen LogP contribution is 2.31. The summed E-state index contributed by atoms with van der Waals surface area (Å²) >= 11 is 1.35. The maximum absolute atomic E-state index is 12.1. The number of aromatic nitrogens is 2. The van der Waals surface area contributed by atoms with Crippen LogP contribution < -0.4 is 14.8 Å². The lowest BCUT2D eigenvalue weighted by atomic mass is 10.1. The average molecular weight is 427 g/mol. The summed E-state index contributed by atoms with van der Waals surface area (Å²) in [4.78, 5) is 27.9. The summed E-state index contributed by atoms with van der Waals surface area (Å²) in [6.07, 6.45) is 0. The maximum Gasteiger partial charge on any atom is 0.236 e. The lowest BCUT2D eigenvalue weighted by molar-refractivity contribution is -0.113. The van der Waals surface area contributed by atoms with Gasteiger partial charge in [0, 0.05) is 16.8 Å². The van der Waals surface area contributed by atoms with Crippen LogP contribution >= 0.6 is 11.8 Å². The number of ketones is 1. The molecule has 2 aromatic carbocycles. The predicted octanol–water partition coefficient (Wildman–Crippen LogP) is 3.83. The minimum atomic E-state index is -0.180. The minimum absolute atomic E-state index is 0.0536. The Hall–Kier alpha value is -3.33. The number of hydrogen-bond donors (Lipinski definition) is 1. The van der Waals surface area contributed by atoms with Crippen molar-refractivity contribution in [2.24, 2.45) is 0 Å². The van der Waals surface area contributed by atoms with Crippen molar-refractivity contribution < 1.29 is 23.6 Å². The zero-order chi connectivity index (χ0) is 21.5. The molecule has 8 nitrogen and oxygen atoms in total. The van der Waals surface area contributed by atoms with Crippen LogP contribution in [0.25, 0.3) is 11.4 Å². The van der Waals surface area contributed by atoms with Gasteiger partial charge < -0.3 is 19.3 Å². The van der Waals surface area contributed by atoms with Gasteiger partial charge in [-0.2, -0.15) is 4.98 Å². The van der Waals surface area contributed by atoms with Gasteiger partial charge in [-0.05, 0) is 37.3 Å². The molecule has 3 rings (SSSR count). The number of benzene rings is 2. The molecule has 0 saturated carbocycles. The first-order valence-corrected chi connectivity index (χ1v) is 10.2. The highest BCUT2D eigenvalue weighted by Gasteiger charge is 2.13. The second kappa shape index (κ2) is 9.93. The third-order valence-electron chi connectivity index (χ3n) is 4.12. The van der Waals surface area contributed by atoms with E-state index in [2.05, 4.69) is 15.5 Å². The Morgan fingerprint density at radius 3 is 2.63 bits per heavy atom. The number of anilines is 1. The molecule has 0 unspecified atom stereocenters. The summed E-state index contributed by atoms with van der Waals surface area (Å²) in [7, 11) is 3.12. The zero-order valence-corrected chi connectivity index (χ0v) is 17.6. The van der Waals surface area contributed by atoms with Gasteiger partial charge in [0.25, 0.3) is 0 Å². The standard InChI is InChI=1S/C21H21N3O5S/c1-13(25)14-5-4-6-16(9-14)22-19(26)11-30-12-20-23-21(24-29-20)15-7-8-17(27-2)18(10-15)28-3/h4-10H,11-12H2,1-3H3,(H,22,26). The van der Waals surface area contributed by atoms with Crippen LogP contribution in [0.5, 0.6) is 11.5 Å². The number of ether oxygens (including phenoxy) is 2. The molecule has 0 aliphatic rings. The summed E-state index contributed by atoms with van der Waals surface area (Å²) < 4.78 is 15.8. The predicted molar refractivity (Wildman–Crippen MR) is 114 cm³/mol. The van der Waals surface area contributed by atoms with E-state index in [1.807, 2.05) is 6.07 Å². The number of methoxy groups -OCH3 is 2. The van der Waals surface area contributed by atoms with Gasteiger partial charge in [-0.1, -0.05) is 17.3 Å². The Kier molecular flexibility index (Phi) is 7.08. The molecular formula is C21H21N3O5S. The lowest BCUT2D eigenvalue weighted by Crippen LogP contribution is -2.14. The van der Waals surface area contributed by atoms with Crippen molar-refractivity contribution in [3.63, 3.8) is 0 Å². The largest absolute Gasteiger partial charge is 0.493 e. The Morgan fingerprint density at radius 1 is 1.10 bits per heavy atom. The normalized spacial score (nSPS) is 10.5. The van der Waals surface area contributed by atoms with Crippen molar-refractivity contribution in [3.05, 3.63) is 53.9 Å². The maximum atomic E-state index is 12.1. The van der Waals surface area contributed by atoms with E-state index in [-0.39, 0.29) is 17.4 Å². The third kappa shape index (κ3) is 5.38. The fourth-order valence-corrected chi connectivity index (χ4v) is 3.30. The van der Waals surface area contributed by atoms with E-state index >= 15 is 0 Å². The first-order chi connectivity index (χ1) is 14.5. The third-order valence-corrected chi connectivity index (χ3v) is 5.04. The van der Waals surface area contributed by atoms with Gasteiger partial charge in [0.2, 0.25) is 17.6 Å². The SMILES string of the molecule is COc1ccc(-c2noc(CSCC(=O)Nc3cccc(C(C)=O)c3)n2)cc1OC. The van der Waals surface area contributed by atoms with Crippen LogP contribution in [0.15, 0.2) is 47.0 Å². The quantitative estimate of drug-likeness (QED) is 0.514. The Bertz CT molecular complexity index is 1050. The van der Waals surface area contributed by atoms with E-state index in [4.69, 9.17) is 14.0 Å². The van der Waals surface area contributed by atoms with Crippen LogP contribution in [0, 0.1) is 0 Å². The monoisotopic (exact) mass is 427 g/mol. The van der Waals surface area contributed by atoms with E-state index in [0.717, 1.165) is 5.56 Å². The number of nitrogens with one attached hydrogen (secondary N) is 1. The molecule has 1 N–H and O–H groups in total. The number of thioether (sulfide) groups is 1. The molecule has 3 aromatic rings. The number of Topliss-reactive ketones (excluding diaryl/α,β-unsaturated/α-hetero) is 1. The van der Waals surface area contributed by atoms with Crippen LogP contribution in [0.3, 0.4) is 0 Å². The van der Waals surface area contributed by atoms with Gasteiger partial charge >= 0.3 is 0 Å². The summed E-state index contributed by atoms with van der Waals surface area (Å²) in [6.45, 7) is 1.48. The van der Waals surface area contributed by atoms with Crippen molar-refractivity contribution in [3.8, 4) is 22.9 Å². The number of rotatable bonds is 9. The topological polar surface area (TPSA) is 104 Å². The summed E-state index contributed by atoms with van der Waals surface area (Å²) in [5.74, 6) is 2.39. The molecule has 30 heavy (non-hydrogen) atoms. The second-order valence-electron chi connectivity index (χ2n) is 6.26. The molecule has 0 radical (unpaired) electrons. The van der Waals surface area contributed by atoms with Gasteiger partial charge in [0.1, 0.15) is 0 Å². The van der Waals surface area contributed by atoms with Crippen LogP contribution in [0.1, 0.15) is 23.2 Å². The average Bonchev–Trinajstić information content (AvgIpc) is 3.22. The molecule has 1 amide bonds. The molecule has 0 aliphatic carbocycles. The first kappa shape index (κ1) is 21.4. The number of carbonyl (C=O) groups excluding carboxylic acids is 2. The van der Waals surface area contributed by atoms with Crippen LogP contribution in [0.4, 0.5) is 5.69 Å². The Balaban J connectivity index is 1.54. The van der Waals surface area contributed by atoms with E-state index < -0.39 is 0 Å². The van der Waals surface area contributed by atoms with Crippen molar-refractivity contribution >= 4 is 29.1 Å². The van der Waals surface area contributed by atoms with Crippen molar-refractivity contribution in [2.45, 2.75) is 12.7 Å². The van der Waals surface area contributed by atoms with Gasteiger partial charge in [0.05, 0.1) is 25.7 Å². The second-order valence-corrected chi connectivity index (χ2v) is 7.25. The van der Waals surface area contributed by atoms with Crippen LogP contribution in [-0.2, 0) is 10.5 Å². The lowest BCUT2D eigenvalue weighted by Gasteiger charge is -2.07. The van der Waals surface area contributed by atoms with Gasteiger partial charge in [-0.3, -0.25) is 9.59 Å². The molecule has 1 aromatic heterocycles. The van der Waals surface area contributed by atoms with Crippen LogP contribution in [-0.4, -0.2) is 41.8 Å². The van der Waals surface area contributed by atoms with Crippen LogP contribution in [0.2, 0.25) is 0 Å². The highest BCUT2D eigenvalue weighted by atomic mass is 32.2. The fraction of sp³-hybridized carbons (Fsp3) is 0.238. The minimum Gasteiger partial charge on any atom is -0.493 e. The number of hydrogen-bond acceptors (Lipinski definition) is 8. The summed E-state index contributed by atoms with van der Waals surface area (Å²) in [6, 6.07) is 12.2. The van der Waals surface area contributed by atoms with E-state index in [9.17, 15) is 9.59 Å². The van der Waals surface area contributed by atoms with E-state index in [1.165, 1.54) is 18.7 Å². The molecule has 0 aliphatic heterocycles. The number of nitrogens with zero attached hydrogens (tertiary/aromatic N) is 2. The smallest absolute Gasteiger partial charge is 0.236 e. The molecule has 0 saturated heterocycles. The molecule has 0 atom stereocenters. The van der Waals surface area contributed by atoms with Gasteiger partial charge in [-0.25, -0.2) is 0 Å². The highest BCUT2D eigenvalue weighted by molar-refractivity contribution is 7.99. The van der Waals surface area contributed by atoms with Gasteiger partial charge in [-0.15, -0.1) is 11.8 Å². The Labute approximate surface area is 178 Å². The Morgan fingerprint density at radius 2 is 1.90 bits per heavy atom. The number of carbonyl (C=O) groups is 2. The molecule has 1 heterocycles. The molecule has 0 spiro atoms. The van der Waals surface area contributed by atoms with Crippen molar-refractivity contribution in [2.75, 3.05) is 25.3 Å². The van der Waals surface area contributed by atoms with E-state index in [0.29, 0.717) is 40.2 Å². The summed E-state index contributed by atoms with van der Waals surface area (Å²) in [5.41, 5.74) is 1.87. The molecule has 9 heteroatoms. The fourth-order valence-electron chi connectivity index (χ4n) is 2.65.